The van der Waals surface area contributed by atoms with E-state index in [1.165, 1.54) is 50.8 Å². The van der Waals surface area contributed by atoms with E-state index in [2.05, 4.69) is 93.9 Å². The van der Waals surface area contributed by atoms with E-state index in [9.17, 15) is 0 Å². The molecule has 0 bridgehead atoms. The predicted molar refractivity (Wildman–Crippen MR) is 129 cm³/mol. The lowest BCUT2D eigenvalue weighted by Gasteiger charge is -2.21. The van der Waals surface area contributed by atoms with Gasteiger partial charge in [0, 0.05) is 40.9 Å². The van der Waals surface area contributed by atoms with Gasteiger partial charge < -0.3 is 9.88 Å². The number of fused-ring (bicyclic) bond motifs is 3. The molecule has 0 atom stereocenters. The van der Waals surface area contributed by atoms with Crippen molar-refractivity contribution in [3.63, 3.8) is 0 Å². The maximum atomic E-state index is 4.53. The third kappa shape index (κ3) is 3.27. The molecule has 0 spiro atoms. The molecule has 1 N–H and O–H groups in total. The van der Waals surface area contributed by atoms with Gasteiger partial charge in [-0.2, -0.15) is 0 Å². The molecule has 0 saturated carbocycles. The maximum absolute atomic E-state index is 4.53. The Morgan fingerprint density at radius 1 is 0.839 bits per heavy atom. The van der Waals surface area contributed by atoms with E-state index in [1.54, 1.807) is 0 Å². The summed E-state index contributed by atoms with van der Waals surface area (Å²) in [6.45, 7) is 1.03. The number of pyridine rings is 1. The summed E-state index contributed by atoms with van der Waals surface area (Å²) in [5.41, 5.74) is 9.23. The highest BCUT2D eigenvalue weighted by Crippen LogP contribution is 2.38. The zero-order valence-electron chi connectivity index (χ0n) is 17.5. The van der Waals surface area contributed by atoms with Crippen LogP contribution in [0.25, 0.3) is 21.8 Å². The molecule has 0 fully saturated rings. The van der Waals surface area contributed by atoms with Gasteiger partial charge in [0.25, 0.3) is 0 Å². The predicted octanol–water partition coefficient (Wildman–Crippen LogP) is 6.59. The average Bonchev–Trinajstić information content (AvgIpc) is 3.43. The fourth-order valence-corrected chi connectivity index (χ4v) is 5.00. The van der Waals surface area contributed by atoms with Gasteiger partial charge in [-0.15, -0.1) is 0 Å². The highest BCUT2D eigenvalue weighted by Gasteiger charge is 2.22. The van der Waals surface area contributed by atoms with Crippen molar-refractivity contribution in [2.75, 3.05) is 11.4 Å². The van der Waals surface area contributed by atoms with Crippen molar-refractivity contribution < 1.29 is 0 Å². The smallest absolute Gasteiger partial charge is 0.0722 e. The molecule has 3 heteroatoms. The molecule has 0 amide bonds. The first-order chi connectivity index (χ1) is 15.4. The minimum absolute atomic E-state index is 1.03. The largest absolute Gasteiger partial charge is 0.361 e. The number of anilines is 2. The first-order valence-electron chi connectivity index (χ1n) is 11.1. The lowest BCUT2D eigenvalue weighted by atomic mass is 10.0. The standard InChI is InChI=1S/C28H25N3/c1-3-10-25-23(8-1)22(19-30-25)7-5-6-20-12-13-27-21(18-20)15-17-31(27)28-14-16-29-26-11-4-2-9-24(26)28/h1-4,8-14,16,18-19,30H,5-7,15,17H2. The average molecular weight is 404 g/mol. The summed E-state index contributed by atoms with van der Waals surface area (Å²) in [4.78, 5) is 10.4. The Hall–Kier alpha value is -3.59. The topological polar surface area (TPSA) is 31.9 Å². The highest BCUT2D eigenvalue weighted by molar-refractivity contribution is 5.94. The third-order valence-electron chi connectivity index (χ3n) is 6.54. The molecule has 1 aliphatic heterocycles. The number of nitrogens with zero attached hydrogens (tertiary/aromatic N) is 2. The molecular weight excluding hydrogens is 378 g/mol. The monoisotopic (exact) mass is 403 g/mol. The van der Waals surface area contributed by atoms with E-state index in [0.717, 1.165) is 31.3 Å². The highest BCUT2D eigenvalue weighted by atomic mass is 15.2. The lowest BCUT2D eigenvalue weighted by Crippen LogP contribution is -2.13. The first-order valence-corrected chi connectivity index (χ1v) is 11.1. The molecule has 5 aromatic rings. The van der Waals surface area contributed by atoms with E-state index in [1.807, 2.05) is 6.20 Å². The molecule has 2 aromatic heterocycles. The molecule has 0 aliphatic carbocycles. The van der Waals surface area contributed by atoms with Crippen LogP contribution in [0.15, 0.2) is 85.2 Å². The third-order valence-corrected chi connectivity index (χ3v) is 6.54. The van der Waals surface area contributed by atoms with Crippen molar-refractivity contribution >= 4 is 33.2 Å². The fraction of sp³-hybridized carbons (Fsp3) is 0.179. The molecule has 6 rings (SSSR count). The molecular formula is C28H25N3. The van der Waals surface area contributed by atoms with E-state index in [-0.39, 0.29) is 0 Å². The number of hydrogen-bond donors (Lipinski definition) is 1. The number of rotatable bonds is 5. The molecule has 152 valence electrons. The minimum Gasteiger partial charge on any atom is -0.361 e. The molecule has 0 saturated heterocycles. The summed E-state index contributed by atoms with van der Waals surface area (Å²) in [5.74, 6) is 0. The van der Waals surface area contributed by atoms with Crippen molar-refractivity contribution in [1.82, 2.24) is 9.97 Å². The van der Waals surface area contributed by atoms with Crippen LogP contribution < -0.4 is 4.90 Å². The van der Waals surface area contributed by atoms with Crippen LogP contribution in [0.4, 0.5) is 11.4 Å². The van der Waals surface area contributed by atoms with Crippen LogP contribution in [0.5, 0.6) is 0 Å². The van der Waals surface area contributed by atoms with Crippen molar-refractivity contribution in [3.8, 4) is 0 Å². The summed E-state index contributed by atoms with van der Waals surface area (Å²) in [6.07, 6.45) is 8.59. The van der Waals surface area contributed by atoms with Crippen LogP contribution in [0.3, 0.4) is 0 Å². The van der Waals surface area contributed by atoms with Crippen molar-refractivity contribution in [2.24, 2.45) is 0 Å². The van der Waals surface area contributed by atoms with Gasteiger partial charge in [0.1, 0.15) is 0 Å². The van der Waals surface area contributed by atoms with E-state index < -0.39 is 0 Å². The minimum atomic E-state index is 1.03. The Kier molecular flexibility index (Phi) is 4.45. The van der Waals surface area contributed by atoms with Gasteiger partial charge in [-0.3, -0.25) is 4.98 Å². The summed E-state index contributed by atoms with van der Waals surface area (Å²) < 4.78 is 0. The molecule has 3 heterocycles. The molecule has 3 nitrogen and oxygen atoms in total. The Balaban J connectivity index is 1.20. The first kappa shape index (κ1) is 18.2. The molecule has 1 aliphatic rings. The van der Waals surface area contributed by atoms with E-state index >= 15 is 0 Å². The van der Waals surface area contributed by atoms with Gasteiger partial charge >= 0.3 is 0 Å². The van der Waals surface area contributed by atoms with Crippen molar-refractivity contribution in [3.05, 3.63) is 102 Å². The Morgan fingerprint density at radius 3 is 2.68 bits per heavy atom. The molecule has 3 aromatic carbocycles. The van der Waals surface area contributed by atoms with E-state index in [0.29, 0.717) is 0 Å². The second-order valence-electron chi connectivity index (χ2n) is 8.42. The van der Waals surface area contributed by atoms with E-state index in [4.69, 9.17) is 0 Å². The van der Waals surface area contributed by atoms with Crippen LogP contribution in [0.1, 0.15) is 23.1 Å². The maximum Gasteiger partial charge on any atom is 0.0722 e. The molecule has 0 unspecified atom stereocenters. The second-order valence-corrected chi connectivity index (χ2v) is 8.42. The summed E-state index contributed by atoms with van der Waals surface area (Å²) in [5, 5.41) is 2.58. The normalized spacial score (nSPS) is 13.2. The van der Waals surface area contributed by atoms with Gasteiger partial charge in [0.05, 0.1) is 11.2 Å². The SMILES string of the molecule is c1ccc2c(N3CCc4cc(CCCc5c[nH]c6ccccc56)ccc43)ccnc2c1. The van der Waals surface area contributed by atoms with Crippen LogP contribution in [0, 0.1) is 0 Å². The van der Waals surface area contributed by atoms with Crippen molar-refractivity contribution in [1.29, 1.82) is 0 Å². The Labute approximate surface area is 182 Å². The number of hydrogen-bond acceptors (Lipinski definition) is 2. The zero-order chi connectivity index (χ0) is 20.6. The quantitative estimate of drug-likeness (QED) is 0.359. The number of aromatic amines is 1. The number of H-pyrrole nitrogens is 1. The molecule has 31 heavy (non-hydrogen) atoms. The fourth-order valence-electron chi connectivity index (χ4n) is 5.00. The number of para-hydroxylation sites is 2. The van der Waals surface area contributed by atoms with Crippen LogP contribution in [-0.2, 0) is 19.3 Å². The Morgan fingerprint density at radius 2 is 1.71 bits per heavy atom. The lowest BCUT2D eigenvalue weighted by molar-refractivity contribution is 0.824. The van der Waals surface area contributed by atoms with Crippen LogP contribution in [0.2, 0.25) is 0 Å². The zero-order valence-corrected chi connectivity index (χ0v) is 17.5. The van der Waals surface area contributed by atoms with Gasteiger partial charge in [-0.25, -0.2) is 0 Å². The van der Waals surface area contributed by atoms with Crippen molar-refractivity contribution in [2.45, 2.75) is 25.7 Å². The van der Waals surface area contributed by atoms with Gasteiger partial charge in [-0.1, -0.05) is 48.5 Å². The van der Waals surface area contributed by atoms with Gasteiger partial charge in [0.2, 0.25) is 0 Å². The molecule has 0 radical (unpaired) electrons. The second kappa shape index (κ2) is 7.59. The van der Waals surface area contributed by atoms with Crippen LogP contribution >= 0.6 is 0 Å². The summed E-state index contributed by atoms with van der Waals surface area (Å²) in [6, 6.07) is 26.2. The van der Waals surface area contributed by atoms with Gasteiger partial charge in [0.15, 0.2) is 0 Å². The van der Waals surface area contributed by atoms with Gasteiger partial charge in [-0.05, 0) is 66.6 Å². The Bertz CT molecular complexity index is 1380. The summed E-state index contributed by atoms with van der Waals surface area (Å²) in [7, 11) is 0. The number of nitrogens with one attached hydrogen (secondary N) is 1. The number of aromatic nitrogens is 2. The number of aryl methyl sites for hydroxylation is 2. The number of benzene rings is 3. The summed E-state index contributed by atoms with van der Waals surface area (Å²) >= 11 is 0. The van der Waals surface area contributed by atoms with Crippen LogP contribution in [-0.4, -0.2) is 16.5 Å².